The van der Waals surface area contributed by atoms with Gasteiger partial charge in [0.1, 0.15) is 11.6 Å². The van der Waals surface area contributed by atoms with Gasteiger partial charge in [-0.15, -0.1) is 0 Å². The number of hydrogen-bond acceptors (Lipinski definition) is 5. The standard InChI is InChI=1S/C23H26N4O2/c1-13-4-20(5-14(2)22(13)10-24)29-21-8-16-6-19(7-17(16)9-21)27-23(28)18-11-25-15(3)26-12-18/h4-5,11-12,16-17,19,21H,6-9H2,1-3H3,(H,27,28). The summed E-state index contributed by atoms with van der Waals surface area (Å²) < 4.78 is 6.26. The molecule has 0 spiro atoms. The number of ether oxygens (including phenoxy) is 1. The monoisotopic (exact) mass is 390 g/mol. The smallest absolute Gasteiger partial charge is 0.254 e. The number of nitriles is 1. The van der Waals surface area contributed by atoms with Crippen LogP contribution < -0.4 is 10.1 Å². The van der Waals surface area contributed by atoms with E-state index in [2.05, 4.69) is 21.4 Å². The lowest BCUT2D eigenvalue weighted by Gasteiger charge is -2.18. The maximum Gasteiger partial charge on any atom is 0.254 e. The van der Waals surface area contributed by atoms with E-state index in [0.717, 1.165) is 48.1 Å². The highest BCUT2D eigenvalue weighted by Crippen LogP contribution is 2.45. The third-order valence-electron chi connectivity index (χ3n) is 6.27. The molecule has 2 atom stereocenters. The molecule has 1 amide bonds. The number of aryl methyl sites for hydroxylation is 3. The van der Waals surface area contributed by atoms with Gasteiger partial charge in [-0.3, -0.25) is 4.79 Å². The molecule has 150 valence electrons. The van der Waals surface area contributed by atoms with Gasteiger partial charge in [0.25, 0.3) is 5.91 Å². The maximum atomic E-state index is 12.4. The van der Waals surface area contributed by atoms with Crippen molar-refractivity contribution in [1.29, 1.82) is 5.26 Å². The fourth-order valence-corrected chi connectivity index (χ4v) is 4.91. The van der Waals surface area contributed by atoms with Crippen LogP contribution in [0.1, 0.15) is 58.6 Å². The summed E-state index contributed by atoms with van der Waals surface area (Å²) in [6.07, 6.45) is 7.39. The van der Waals surface area contributed by atoms with E-state index in [1.807, 2.05) is 26.0 Å². The summed E-state index contributed by atoms with van der Waals surface area (Å²) in [5.41, 5.74) is 3.17. The molecule has 2 unspecified atom stereocenters. The van der Waals surface area contributed by atoms with Gasteiger partial charge >= 0.3 is 0 Å². The lowest BCUT2D eigenvalue weighted by molar-refractivity contribution is 0.0934. The number of carbonyl (C=O) groups excluding carboxylic acids is 1. The molecule has 2 fully saturated rings. The highest BCUT2D eigenvalue weighted by atomic mass is 16.5. The molecule has 1 heterocycles. The van der Waals surface area contributed by atoms with Gasteiger partial charge in [0.2, 0.25) is 0 Å². The van der Waals surface area contributed by atoms with E-state index >= 15 is 0 Å². The molecule has 6 nitrogen and oxygen atoms in total. The van der Waals surface area contributed by atoms with Crippen molar-refractivity contribution in [3.63, 3.8) is 0 Å². The first-order valence-electron chi connectivity index (χ1n) is 10.2. The van der Waals surface area contributed by atoms with E-state index in [9.17, 15) is 10.1 Å². The molecule has 1 aromatic heterocycles. The maximum absolute atomic E-state index is 12.4. The molecule has 1 aromatic carbocycles. The zero-order chi connectivity index (χ0) is 20.5. The van der Waals surface area contributed by atoms with E-state index in [4.69, 9.17) is 4.74 Å². The number of nitrogens with one attached hydrogen (secondary N) is 1. The molecule has 0 radical (unpaired) electrons. The second kappa shape index (κ2) is 7.82. The van der Waals surface area contributed by atoms with Crippen molar-refractivity contribution in [2.24, 2.45) is 11.8 Å². The normalized spacial score (nSPS) is 25.3. The van der Waals surface area contributed by atoms with E-state index in [0.29, 0.717) is 23.2 Å². The topological polar surface area (TPSA) is 87.9 Å². The average Bonchev–Trinajstić information content (AvgIpc) is 3.19. The zero-order valence-corrected chi connectivity index (χ0v) is 17.1. The highest BCUT2D eigenvalue weighted by Gasteiger charge is 2.43. The molecule has 6 heteroatoms. The quantitative estimate of drug-likeness (QED) is 0.861. The summed E-state index contributed by atoms with van der Waals surface area (Å²) in [4.78, 5) is 20.6. The second-order valence-corrected chi connectivity index (χ2v) is 8.44. The van der Waals surface area contributed by atoms with Gasteiger partial charge in [0.15, 0.2) is 0 Å². The molecule has 4 rings (SSSR count). The number of rotatable bonds is 4. The van der Waals surface area contributed by atoms with Gasteiger partial charge in [0, 0.05) is 18.4 Å². The number of carbonyl (C=O) groups is 1. The zero-order valence-electron chi connectivity index (χ0n) is 17.1. The fraction of sp³-hybridized carbons (Fsp3) is 0.478. The predicted molar refractivity (Wildman–Crippen MR) is 109 cm³/mol. The number of aromatic nitrogens is 2. The van der Waals surface area contributed by atoms with Crippen molar-refractivity contribution in [1.82, 2.24) is 15.3 Å². The van der Waals surface area contributed by atoms with Gasteiger partial charge in [-0.25, -0.2) is 9.97 Å². The van der Waals surface area contributed by atoms with Crippen molar-refractivity contribution in [3.8, 4) is 11.8 Å². The Labute approximate surface area is 171 Å². The molecule has 2 saturated carbocycles. The summed E-state index contributed by atoms with van der Waals surface area (Å²) in [7, 11) is 0. The van der Waals surface area contributed by atoms with Crippen molar-refractivity contribution < 1.29 is 9.53 Å². The van der Waals surface area contributed by atoms with Crippen LogP contribution >= 0.6 is 0 Å². The number of benzene rings is 1. The molecule has 1 N–H and O–H groups in total. The van der Waals surface area contributed by atoms with Crippen molar-refractivity contribution in [2.45, 2.75) is 58.6 Å². The highest BCUT2D eigenvalue weighted by molar-refractivity contribution is 5.93. The number of nitrogens with zero attached hydrogens (tertiary/aromatic N) is 3. The molecular formula is C23H26N4O2. The van der Waals surface area contributed by atoms with Crippen molar-refractivity contribution >= 4 is 5.91 Å². The van der Waals surface area contributed by atoms with Gasteiger partial charge in [-0.05, 0) is 81.5 Å². The first-order valence-corrected chi connectivity index (χ1v) is 10.2. The molecule has 2 aromatic rings. The molecule has 2 aliphatic rings. The van der Waals surface area contributed by atoms with E-state index < -0.39 is 0 Å². The minimum absolute atomic E-state index is 0.0914. The summed E-state index contributed by atoms with van der Waals surface area (Å²) in [6.45, 7) is 5.71. The van der Waals surface area contributed by atoms with Gasteiger partial charge < -0.3 is 10.1 Å². The molecule has 2 aliphatic carbocycles. The van der Waals surface area contributed by atoms with Crippen LogP contribution in [0.25, 0.3) is 0 Å². The van der Waals surface area contributed by atoms with Crippen LogP contribution in [-0.4, -0.2) is 28.0 Å². The Morgan fingerprint density at radius 3 is 2.21 bits per heavy atom. The van der Waals surface area contributed by atoms with Crippen LogP contribution in [0.4, 0.5) is 0 Å². The largest absolute Gasteiger partial charge is 0.490 e. The van der Waals surface area contributed by atoms with E-state index in [1.54, 1.807) is 19.3 Å². The third kappa shape index (κ3) is 4.09. The molecule has 29 heavy (non-hydrogen) atoms. The summed E-state index contributed by atoms with van der Waals surface area (Å²) in [6, 6.07) is 6.39. The summed E-state index contributed by atoms with van der Waals surface area (Å²) >= 11 is 0. The minimum atomic E-state index is -0.0914. The SMILES string of the molecule is Cc1ncc(C(=O)NC2CC3CC(Oc4cc(C)c(C#N)c(C)c4)CC3C2)cn1. The molecular weight excluding hydrogens is 364 g/mol. The third-order valence-corrected chi connectivity index (χ3v) is 6.27. The van der Waals surface area contributed by atoms with Crippen LogP contribution in [0, 0.1) is 43.9 Å². The summed E-state index contributed by atoms with van der Waals surface area (Å²) in [5.74, 6) is 2.59. The first-order chi connectivity index (χ1) is 13.9. The van der Waals surface area contributed by atoms with Crippen molar-refractivity contribution in [3.05, 3.63) is 52.6 Å². The van der Waals surface area contributed by atoms with Crippen LogP contribution in [-0.2, 0) is 0 Å². The number of amides is 1. The lowest BCUT2D eigenvalue weighted by Crippen LogP contribution is -2.34. The lowest BCUT2D eigenvalue weighted by atomic mass is 10.0. The Bertz CT molecular complexity index is 927. The Hall–Kier alpha value is -2.94. The molecule has 0 aliphatic heterocycles. The Kier molecular flexibility index (Phi) is 5.23. The van der Waals surface area contributed by atoms with Crippen molar-refractivity contribution in [2.75, 3.05) is 0 Å². The Morgan fingerprint density at radius 2 is 1.66 bits per heavy atom. The van der Waals surface area contributed by atoms with Gasteiger partial charge in [0.05, 0.1) is 23.3 Å². The molecule has 0 bridgehead atoms. The summed E-state index contributed by atoms with van der Waals surface area (Å²) in [5, 5.41) is 12.4. The van der Waals surface area contributed by atoms with Crippen LogP contribution in [0.15, 0.2) is 24.5 Å². The van der Waals surface area contributed by atoms with E-state index in [1.165, 1.54) is 0 Å². The Morgan fingerprint density at radius 1 is 1.07 bits per heavy atom. The number of fused-ring (bicyclic) bond motifs is 1. The molecule has 0 saturated heterocycles. The van der Waals surface area contributed by atoms with Crippen LogP contribution in [0.2, 0.25) is 0 Å². The van der Waals surface area contributed by atoms with Crippen LogP contribution in [0.3, 0.4) is 0 Å². The average molecular weight is 390 g/mol. The fourth-order valence-electron chi connectivity index (χ4n) is 4.91. The van der Waals surface area contributed by atoms with Gasteiger partial charge in [-0.2, -0.15) is 5.26 Å². The van der Waals surface area contributed by atoms with Gasteiger partial charge in [-0.1, -0.05) is 0 Å². The predicted octanol–water partition coefficient (Wildman–Crippen LogP) is 3.64. The second-order valence-electron chi connectivity index (χ2n) is 8.44. The minimum Gasteiger partial charge on any atom is -0.490 e. The first kappa shape index (κ1) is 19.4. The van der Waals surface area contributed by atoms with Crippen LogP contribution in [0.5, 0.6) is 5.75 Å². The van der Waals surface area contributed by atoms with E-state index in [-0.39, 0.29) is 18.1 Å². The Balaban J connectivity index is 1.32. The number of hydrogen-bond donors (Lipinski definition) is 1.